The third kappa shape index (κ3) is 13.4. The van der Waals surface area contributed by atoms with Crippen molar-refractivity contribution in [2.45, 2.75) is 128 Å². The number of hydrogen-bond donors (Lipinski definition) is 4. The van der Waals surface area contributed by atoms with Crippen molar-refractivity contribution in [3.63, 3.8) is 0 Å². The molecule has 2 fully saturated rings. The molecule has 284 valence electrons. The largest absolute Gasteiger partial charge is 0.459 e. The highest BCUT2D eigenvalue weighted by molar-refractivity contribution is 5.82. The zero-order valence-corrected chi connectivity index (χ0v) is 30.9. The summed E-state index contributed by atoms with van der Waals surface area (Å²) in [6.45, 7) is 13.1. The zero-order valence-electron chi connectivity index (χ0n) is 30.9. The monoisotopic (exact) mass is 712 g/mol. The molecular weight excluding hydrogens is 652 g/mol. The summed E-state index contributed by atoms with van der Waals surface area (Å²) >= 11 is 0. The highest BCUT2D eigenvalue weighted by atomic mass is 16.6. The highest BCUT2D eigenvalue weighted by Crippen LogP contribution is 2.41. The number of rotatable bonds is 11. The van der Waals surface area contributed by atoms with E-state index >= 15 is 0 Å². The van der Waals surface area contributed by atoms with Gasteiger partial charge in [-0.15, -0.1) is 0 Å². The summed E-state index contributed by atoms with van der Waals surface area (Å²) in [6, 6.07) is 0. The van der Waals surface area contributed by atoms with Crippen molar-refractivity contribution in [2.75, 3.05) is 13.2 Å². The smallest absolute Gasteiger partial charge is 0.335 e. The van der Waals surface area contributed by atoms with Crippen molar-refractivity contribution in [3.8, 4) is 0 Å². The van der Waals surface area contributed by atoms with E-state index in [0.717, 1.165) is 5.57 Å². The molecule has 3 aliphatic heterocycles. The first kappa shape index (κ1) is 42.3. The number of esters is 2. The summed E-state index contributed by atoms with van der Waals surface area (Å²) in [7, 11) is 0. The van der Waals surface area contributed by atoms with Gasteiger partial charge in [0, 0.05) is 31.3 Å². The molecule has 0 radical (unpaired) electrons. The van der Waals surface area contributed by atoms with Gasteiger partial charge in [0.05, 0.1) is 48.6 Å². The van der Waals surface area contributed by atoms with Crippen molar-refractivity contribution in [1.82, 2.24) is 0 Å². The van der Waals surface area contributed by atoms with Crippen LogP contribution in [0.5, 0.6) is 0 Å². The van der Waals surface area contributed by atoms with Gasteiger partial charge in [0.25, 0.3) is 0 Å². The van der Waals surface area contributed by atoms with Crippen molar-refractivity contribution in [3.05, 3.63) is 84.6 Å². The van der Waals surface area contributed by atoms with Gasteiger partial charge in [0.15, 0.2) is 6.10 Å². The number of aliphatic hydroxyl groups is 4. The predicted octanol–water partition coefficient (Wildman–Crippen LogP) is 5.38. The molecule has 0 aromatic carbocycles. The molecule has 10 heteroatoms. The van der Waals surface area contributed by atoms with E-state index in [1.807, 2.05) is 65.0 Å². The van der Waals surface area contributed by atoms with Gasteiger partial charge in [-0.25, -0.2) is 9.59 Å². The molecule has 4 N–H and O–H groups in total. The van der Waals surface area contributed by atoms with Gasteiger partial charge >= 0.3 is 11.9 Å². The van der Waals surface area contributed by atoms with Crippen molar-refractivity contribution in [1.29, 1.82) is 0 Å². The van der Waals surface area contributed by atoms with Crippen LogP contribution in [-0.2, 0) is 28.5 Å². The number of hydrogen-bond acceptors (Lipinski definition) is 10. The SMILES string of the molecule is C=C(COC(=O)[C@H](O)C/C=C\C[C@@H]1O[C@@H]2/C=C/C/C=C/C(C)=C\[C@H]3O[C@@H](C/C=C/C=C/C(=O)O[C@H](C2)[C@@]1(C)CO)C[C@H](O)[C@H]3C)[C@H](O)CC(C)C. The Labute approximate surface area is 303 Å². The lowest BCUT2D eigenvalue weighted by Gasteiger charge is -2.47. The third-order valence-electron chi connectivity index (χ3n) is 9.86. The fraction of sp³-hybridized carbons (Fsp3) is 0.610. The van der Waals surface area contributed by atoms with E-state index < -0.39 is 54.0 Å². The minimum atomic E-state index is -1.40. The third-order valence-corrected chi connectivity index (χ3v) is 9.86. The van der Waals surface area contributed by atoms with Gasteiger partial charge in [0.2, 0.25) is 0 Å². The Morgan fingerprint density at radius 2 is 1.86 bits per heavy atom. The molecule has 0 amide bonds. The molecule has 0 unspecified atom stereocenters. The lowest BCUT2D eigenvalue weighted by Crippen LogP contribution is -2.55. The summed E-state index contributed by atoms with van der Waals surface area (Å²) in [6.07, 6.45) is 18.4. The molecule has 2 saturated heterocycles. The van der Waals surface area contributed by atoms with Crippen LogP contribution in [0.15, 0.2) is 84.6 Å². The quantitative estimate of drug-likeness (QED) is 0.162. The van der Waals surface area contributed by atoms with Crippen LogP contribution in [0.4, 0.5) is 0 Å². The fourth-order valence-electron chi connectivity index (χ4n) is 6.40. The maximum absolute atomic E-state index is 13.0. The first-order valence-corrected chi connectivity index (χ1v) is 18.2. The van der Waals surface area contributed by atoms with Crippen LogP contribution in [0.25, 0.3) is 0 Å². The maximum atomic E-state index is 13.0. The Morgan fingerprint density at radius 3 is 2.59 bits per heavy atom. The van der Waals surface area contributed by atoms with Crippen LogP contribution < -0.4 is 0 Å². The van der Waals surface area contributed by atoms with Crippen molar-refractivity contribution >= 4 is 11.9 Å². The molecule has 3 heterocycles. The number of allylic oxidation sites excluding steroid dienone is 6. The van der Waals surface area contributed by atoms with Crippen LogP contribution in [0.2, 0.25) is 0 Å². The molecule has 10 nitrogen and oxygen atoms in total. The average molecular weight is 713 g/mol. The molecule has 0 aromatic heterocycles. The normalized spacial score (nSPS) is 35.5. The van der Waals surface area contributed by atoms with Crippen molar-refractivity contribution in [2.24, 2.45) is 17.3 Å². The minimum Gasteiger partial charge on any atom is -0.459 e. The first-order chi connectivity index (χ1) is 24.2. The van der Waals surface area contributed by atoms with E-state index in [1.165, 1.54) is 6.08 Å². The molecule has 3 rings (SSSR count). The molecule has 0 aromatic rings. The number of carbonyl (C=O) groups is 2. The summed E-state index contributed by atoms with van der Waals surface area (Å²) < 4.78 is 23.8. The molecule has 0 spiro atoms. The van der Waals surface area contributed by atoms with E-state index in [4.69, 9.17) is 18.9 Å². The summed E-state index contributed by atoms with van der Waals surface area (Å²) in [5.74, 6) is -1.13. The zero-order chi connectivity index (χ0) is 37.6. The lowest BCUT2D eigenvalue weighted by atomic mass is 9.73. The molecule has 0 aliphatic carbocycles. The van der Waals surface area contributed by atoms with Gasteiger partial charge in [-0.2, -0.15) is 0 Å². The summed E-state index contributed by atoms with van der Waals surface area (Å²) in [5, 5.41) is 41.7. The Morgan fingerprint density at radius 1 is 1.10 bits per heavy atom. The van der Waals surface area contributed by atoms with E-state index in [9.17, 15) is 30.0 Å². The number of carbonyl (C=O) groups excluding carboxylic acids is 2. The van der Waals surface area contributed by atoms with Gasteiger partial charge in [0.1, 0.15) is 12.7 Å². The average Bonchev–Trinajstić information content (AvgIpc) is 3.07. The van der Waals surface area contributed by atoms with Crippen molar-refractivity contribution < 1.29 is 49.0 Å². The summed E-state index contributed by atoms with van der Waals surface area (Å²) in [5.41, 5.74) is 0.477. The van der Waals surface area contributed by atoms with Gasteiger partial charge in [-0.1, -0.05) is 101 Å². The molecule has 10 atom stereocenters. The molecular formula is C41H60O10. The predicted molar refractivity (Wildman–Crippen MR) is 196 cm³/mol. The van der Waals surface area contributed by atoms with Crippen LogP contribution >= 0.6 is 0 Å². The second-order valence-electron chi connectivity index (χ2n) is 14.7. The standard InChI is InChI=1S/C41H60O10/c1-27(2)21-34(44)29(4)25-48-40(47)33(43)18-13-14-19-37-41(6,26-42)38-24-32(50-37)17-10-7-9-15-28(3)22-36-30(5)35(45)23-31(49-36)16-11-8-12-20-39(46)51-38/h8-15,17,20,22,27,30-38,42-45H,4,7,16,18-19,21,23-26H2,1-3,5-6H3/b11-8+,14-13-,15-9+,17-10+,20-12+,28-22-/t30-,31+,32-,33-,34-,35+,36-,37+,38-,41+/m1/s1. The molecule has 51 heavy (non-hydrogen) atoms. The topological polar surface area (TPSA) is 152 Å². The van der Waals surface area contributed by atoms with Gasteiger partial charge < -0.3 is 39.4 Å². The van der Waals surface area contributed by atoms with Crippen LogP contribution in [0.1, 0.15) is 79.6 Å². The Balaban J connectivity index is 1.71. The number of fused-ring (bicyclic) bond motifs is 4. The minimum absolute atomic E-state index is 0.00418. The second-order valence-corrected chi connectivity index (χ2v) is 14.7. The Bertz CT molecular complexity index is 1330. The Kier molecular flexibility index (Phi) is 17.2. The molecule has 0 saturated carbocycles. The number of aliphatic hydroxyl groups excluding tert-OH is 4. The van der Waals surface area contributed by atoms with E-state index in [1.54, 1.807) is 24.3 Å². The van der Waals surface area contributed by atoms with Gasteiger partial charge in [-0.3, -0.25) is 0 Å². The van der Waals surface area contributed by atoms with E-state index in [0.29, 0.717) is 44.1 Å². The molecule has 3 aliphatic rings. The van der Waals surface area contributed by atoms with E-state index in [2.05, 4.69) is 12.7 Å². The van der Waals surface area contributed by atoms with Crippen LogP contribution in [0, 0.1) is 17.3 Å². The number of ether oxygens (including phenoxy) is 4. The van der Waals surface area contributed by atoms with Gasteiger partial charge in [-0.05, 0) is 44.1 Å². The van der Waals surface area contributed by atoms with Crippen LogP contribution in [0.3, 0.4) is 0 Å². The lowest BCUT2D eigenvalue weighted by molar-refractivity contribution is -0.198. The van der Waals surface area contributed by atoms with Crippen LogP contribution in [-0.4, -0.2) is 94.4 Å². The highest BCUT2D eigenvalue weighted by Gasteiger charge is 2.49. The van der Waals surface area contributed by atoms with E-state index in [-0.39, 0.29) is 43.7 Å². The second kappa shape index (κ2) is 20.8. The summed E-state index contributed by atoms with van der Waals surface area (Å²) in [4.78, 5) is 25.3. The maximum Gasteiger partial charge on any atom is 0.335 e. The fourth-order valence-corrected chi connectivity index (χ4v) is 6.40. The molecule has 4 bridgehead atoms. The Hall–Kier alpha value is -3.12. The first-order valence-electron chi connectivity index (χ1n) is 18.2.